The van der Waals surface area contributed by atoms with Crippen LogP contribution in [0.5, 0.6) is 5.75 Å². The molecule has 2 aromatic heterocycles. The summed E-state index contributed by atoms with van der Waals surface area (Å²) in [7, 11) is 0. The molecule has 3 aliphatic heterocycles. The third-order valence-electron chi connectivity index (χ3n) is 17.5. The van der Waals surface area contributed by atoms with Crippen molar-refractivity contribution < 1.29 is 66.9 Å². The van der Waals surface area contributed by atoms with Crippen LogP contribution >= 0.6 is 23.5 Å². The minimum atomic E-state index is -1.88. The van der Waals surface area contributed by atoms with E-state index in [1.807, 2.05) is 24.3 Å². The van der Waals surface area contributed by atoms with Crippen molar-refractivity contribution in [3.63, 3.8) is 0 Å². The molecule has 6 aromatic rings. The summed E-state index contributed by atoms with van der Waals surface area (Å²) in [5.41, 5.74) is 15.6. The fraction of sp³-hybridized carbons (Fsp3) is 0.441. The van der Waals surface area contributed by atoms with Crippen LogP contribution in [0, 0.1) is 11.6 Å². The second-order valence-corrected chi connectivity index (χ2v) is 27.1. The SMILES string of the molecule is C[C@@H](O)[C@@H]1NC(=O)[C@H](Cc2c[nH]c3ccc(F)cc23)NC(=O)[C@H](Cc2c[nH]c3ccc(F)cc23)NC(=O)CNC(=O)[C@H](CCCCN)NC(=O)CCSCc2cccc(c2)CSC[C@@H](C(N)=O)NC(=O)[C@@H]2CCCN2C(=O)[C@H](Cc2ccc(O)cc2)NC(=O)[C@H](CC2CNCN2)NC1=O. The third-order valence-corrected chi connectivity index (χ3v) is 19.6. The predicted octanol–water partition coefficient (Wildman–Crippen LogP) is 0.636. The molecule has 31 heteroatoms. The van der Waals surface area contributed by atoms with Crippen LogP contribution in [0.3, 0.4) is 0 Å². The number of halogens is 2. The molecule has 0 aliphatic carbocycles. The van der Waals surface area contributed by atoms with Crippen LogP contribution in [0.15, 0.2) is 97.3 Å². The Morgan fingerprint density at radius 2 is 1.28 bits per heavy atom. The second-order valence-electron chi connectivity index (χ2n) is 25.0. The van der Waals surface area contributed by atoms with E-state index in [9.17, 15) is 52.6 Å². The summed E-state index contributed by atoms with van der Waals surface area (Å²) in [6, 6.07) is 9.49. The number of phenolic OH excluding ortho intramolecular Hbond substituents is 1. The van der Waals surface area contributed by atoms with Crippen LogP contribution < -0.4 is 64.6 Å². The molecule has 0 radical (unpaired) electrons. The first-order chi connectivity index (χ1) is 47.6. The van der Waals surface area contributed by atoms with Gasteiger partial charge in [0.2, 0.25) is 59.1 Å². The Bertz CT molecular complexity index is 3870. The average molecular weight is 1410 g/mol. The van der Waals surface area contributed by atoms with Gasteiger partial charge in [-0.1, -0.05) is 36.4 Å². The van der Waals surface area contributed by atoms with Gasteiger partial charge in [0.05, 0.1) is 12.6 Å². The van der Waals surface area contributed by atoms with Crippen molar-refractivity contribution in [2.45, 2.75) is 143 Å². The van der Waals surface area contributed by atoms with Crippen molar-refractivity contribution in [2.75, 3.05) is 44.4 Å². The number of nitrogens with one attached hydrogen (secondary N) is 12. The number of aliphatic hydroxyl groups excluding tert-OH is 1. The number of nitrogens with two attached hydrogens (primary N) is 2. The summed E-state index contributed by atoms with van der Waals surface area (Å²) in [4.78, 5) is 151. The Kier molecular flexibility index (Phi) is 26.6. The number of aliphatic hydroxyl groups is 1. The lowest BCUT2D eigenvalue weighted by Crippen LogP contribution is -2.62. The van der Waals surface area contributed by atoms with Crippen LogP contribution in [0.4, 0.5) is 8.78 Å². The van der Waals surface area contributed by atoms with E-state index in [1.165, 1.54) is 96.3 Å². The summed E-state index contributed by atoms with van der Waals surface area (Å²) >= 11 is 2.82. The summed E-state index contributed by atoms with van der Waals surface area (Å²) in [5.74, 6) is -8.16. The number of benzene rings is 4. The van der Waals surface area contributed by atoms with E-state index in [-0.39, 0.29) is 56.6 Å². The first kappa shape index (κ1) is 74.1. The maximum absolute atomic E-state index is 15.1. The van der Waals surface area contributed by atoms with Gasteiger partial charge in [0.25, 0.3) is 0 Å². The van der Waals surface area contributed by atoms with Gasteiger partial charge >= 0.3 is 0 Å². The number of rotatable bonds is 14. The molecule has 0 saturated carbocycles. The number of aromatic nitrogens is 2. The first-order valence-electron chi connectivity index (χ1n) is 32.9. The molecule has 530 valence electrons. The molecule has 0 spiro atoms. The van der Waals surface area contributed by atoms with Gasteiger partial charge in [-0.05, 0) is 128 Å². The predicted molar refractivity (Wildman–Crippen MR) is 369 cm³/mol. The van der Waals surface area contributed by atoms with Crippen LogP contribution in [-0.4, -0.2) is 189 Å². The molecule has 3 aliphatic rings. The zero-order valence-corrected chi connectivity index (χ0v) is 56.2. The van der Waals surface area contributed by atoms with Crippen molar-refractivity contribution in [3.8, 4) is 5.75 Å². The number of aromatic amines is 2. The lowest BCUT2D eigenvalue weighted by molar-refractivity contribution is -0.142. The van der Waals surface area contributed by atoms with Crippen LogP contribution in [-0.2, 0) is 78.7 Å². The molecule has 2 bridgehead atoms. The molecule has 4 aromatic carbocycles. The van der Waals surface area contributed by atoms with Gasteiger partial charge in [0.1, 0.15) is 65.7 Å². The maximum atomic E-state index is 15.1. The summed E-state index contributed by atoms with van der Waals surface area (Å²) in [5, 5.41) is 50.0. The Morgan fingerprint density at radius 3 is 1.92 bits per heavy atom. The smallest absolute Gasteiger partial charge is 0.246 e. The van der Waals surface area contributed by atoms with E-state index in [4.69, 9.17) is 11.5 Å². The maximum Gasteiger partial charge on any atom is 0.246 e. The average Bonchev–Trinajstić information content (AvgIpc) is 1.73. The zero-order chi connectivity index (χ0) is 70.7. The van der Waals surface area contributed by atoms with E-state index >= 15 is 14.4 Å². The summed E-state index contributed by atoms with van der Waals surface area (Å²) in [6.07, 6.45) is 1.99. The molecule has 10 amide bonds. The monoisotopic (exact) mass is 1410 g/mol. The summed E-state index contributed by atoms with van der Waals surface area (Å²) in [6.45, 7) is 1.54. The molecule has 9 rings (SSSR count). The topological polar surface area (TPSA) is 418 Å². The van der Waals surface area contributed by atoms with E-state index in [1.54, 1.807) is 12.1 Å². The fourth-order valence-electron chi connectivity index (χ4n) is 12.2. The first-order valence-corrected chi connectivity index (χ1v) is 35.2. The minimum Gasteiger partial charge on any atom is -0.508 e. The molecule has 2 fully saturated rings. The number of carbonyl (C=O) groups is 10. The second kappa shape index (κ2) is 35.6. The van der Waals surface area contributed by atoms with Gasteiger partial charge in [0.15, 0.2) is 0 Å². The molecular weight excluding hydrogens is 1320 g/mol. The van der Waals surface area contributed by atoms with Crippen molar-refractivity contribution in [1.29, 1.82) is 0 Å². The molecule has 18 N–H and O–H groups in total. The highest BCUT2D eigenvalue weighted by Crippen LogP contribution is 2.26. The number of phenols is 1. The molecule has 27 nitrogen and oxygen atoms in total. The Balaban J connectivity index is 1.04. The number of nitrogens with zero attached hydrogens (tertiary/aromatic N) is 1. The van der Waals surface area contributed by atoms with Crippen molar-refractivity contribution in [3.05, 3.63) is 137 Å². The van der Waals surface area contributed by atoms with E-state index in [2.05, 4.69) is 63.1 Å². The number of aromatic hydroxyl groups is 1. The third kappa shape index (κ3) is 21.0. The van der Waals surface area contributed by atoms with Gasteiger partial charge in [-0.3, -0.25) is 47.9 Å². The number of carbonyl (C=O) groups excluding carboxylic acids is 10. The van der Waals surface area contributed by atoms with Crippen LogP contribution in [0.2, 0.25) is 0 Å². The highest BCUT2D eigenvalue weighted by molar-refractivity contribution is 7.98. The zero-order valence-electron chi connectivity index (χ0n) is 54.6. The normalized spacial score (nSPS) is 24.1. The fourth-order valence-corrected chi connectivity index (χ4v) is 14.1. The number of H-pyrrole nitrogens is 2. The number of primary amides is 1. The van der Waals surface area contributed by atoms with Crippen LogP contribution in [0.25, 0.3) is 21.8 Å². The number of hydrogen-bond acceptors (Lipinski definition) is 17. The largest absolute Gasteiger partial charge is 0.508 e. The number of fused-ring (bicyclic) bond motifs is 5. The van der Waals surface area contributed by atoms with Crippen molar-refractivity contribution >= 4 is 104 Å². The quantitative estimate of drug-likeness (QED) is 0.0665. The molecule has 5 heterocycles. The number of hydrogen-bond donors (Lipinski definition) is 16. The van der Waals surface area contributed by atoms with E-state index < -0.39 is 144 Å². The van der Waals surface area contributed by atoms with Crippen molar-refractivity contribution in [1.82, 2.24) is 68.0 Å². The van der Waals surface area contributed by atoms with Gasteiger partial charge in [-0.15, -0.1) is 0 Å². The number of amides is 10. The van der Waals surface area contributed by atoms with Crippen LogP contribution in [0.1, 0.15) is 79.7 Å². The van der Waals surface area contributed by atoms with Gasteiger partial charge in [0, 0.05) is 109 Å². The Labute approximate surface area is 578 Å². The van der Waals surface area contributed by atoms with Crippen molar-refractivity contribution in [2.24, 2.45) is 11.5 Å². The standard InChI is InChI=1S/C68H85F2N15O12S2/c1-37(86)60-67(96)81-54(28-45-31-73-36-77-45)64(93)82-55(23-38-10-14-46(87)15-11-38)68(97)85-20-5-9-57(85)66(95)83-56(61(72)90)35-99-34-40-7-4-6-39(22-40)33-98-21-18-58(88)78-51(8-2-3-19-71)62(91)76-32-59(89)79-52(24-41-29-74-49-16-12-43(69)26-47(41)49)63(92)80-53(65(94)84-60)25-42-30-75-50-17-13-44(70)27-48(42)50/h4,6-7,10-17,22,26-27,29-30,37,45,51-57,60,73-75,77,86-87H,2-3,5,8-9,18-21,23-25,28,31-36,71H2,1H3,(H2,72,90)(H,76,91)(H,78,88)(H,79,89)(H,80,92)(H,81,96)(H,82,93)(H,83,95)(H,84,94)/t37-,45?,51+,52+,53+,54+,55+,56+,57+,60+/m1/s1. The molecule has 1 unspecified atom stereocenters. The molecular formula is C68H85F2N15O12S2. The molecule has 2 saturated heterocycles. The lowest BCUT2D eigenvalue weighted by Gasteiger charge is -2.31. The highest BCUT2D eigenvalue weighted by atomic mass is 32.2. The number of unbranched alkanes of at least 4 members (excludes halogenated alkanes) is 1. The Morgan fingerprint density at radius 1 is 0.667 bits per heavy atom. The minimum absolute atomic E-state index is 0.0276. The van der Waals surface area contributed by atoms with E-state index in [0.29, 0.717) is 94.8 Å². The molecule has 10 atom stereocenters. The van der Waals surface area contributed by atoms with Gasteiger partial charge < -0.3 is 89.7 Å². The van der Waals surface area contributed by atoms with Gasteiger partial charge in [-0.2, -0.15) is 23.5 Å². The Hall–Kier alpha value is -9.14. The molecule has 99 heavy (non-hydrogen) atoms. The number of thioether (sulfide) groups is 2. The summed E-state index contributed by atoms with van der Waals surface area (Å²) < 4.78 is 29.8. The highest BCUT2D eigenvalue weighted by Gasteiger charge is 2.41. The van der Waals surface area contributed by atoms with E-state index in [0.717, 1.165) is 11.1 Å². The van der Waals surface area contributed by atoms with Gasteiger partial charge in [-0.25, -0.2) is 8.78 Å². The lowest BCUT2D eigenvalue weighted by atomic mass is 10.0.